The minimum absolute atomic E-state index is 0.0272. The van der Waals surface area contributed by atoms with Gasteiger partial charge in [-0.15, -0.1) is 0 Å². The van der Waals surface area contributed by atoms with Crippen molar-refractivity contribution in [3.63, 3.8) is 0 Å². The zero-order valence-electron chi connectivity index (χ0n) is 13.1. The zero-order valence-corrected chi connectivity index (χ0v) is 13.1. The van der Waals surface area contributed by atoms with Gasteiger partial charge >= 0.3 is 6.09 Å². The number of likely N-dealkylation sites (N-methyl/N-ethyl adjacent to an activating group) is 1. The molecule has 0 spiro atoms. The van der Waals surface area contributed by atoms with E-state index in [1.165, 1.54) is 29.3 Å². The maximum absolute atomic E-state index is 14.5. The highest BCUT2D eigenvalue weighted by Crippen LogP contribution is 2.32. The third kappa shape index (κ3) is 2.96. The summed E-state index contributed by atoms with van der Waals surface area (Å²) in [6.45, 7) is 0.853. The van der Waals surface area contributed by atoms with Crippen LogP contribution in [-0.4, -0.2) is 44.7 Å². The summed E-state index contributed by atoms with van der Waals surface area (Å²) in [6, 6.07) is 2.74. The van der Waals surface area contributed by atoms with Gasteiger partial charge in [0.1, 0.15) is 6.10 Å². The third-order valence-corrected chi connectivity index (χ3v) is 3.99. The molecule has 1 aromatic carbocycles. The number of ether oxygens (including phenoxy) is 1. The molecule has 8 heteroatoms. The van der Waals surface area contributed by atoms with Crippen molar-refractivity contribution in [1.82, 2.24) is 5.32 Å². The van der Waals surface area contributed by atoms with Crippen molar-refractivity contribution in [3.05, 3.63) is 36.0 Å². The number of hydrogen-bond donors (Lipinski definition) is 1. The van der Waals surface area contributed by atoms with E-state index in [1.54, 1.807) is 7.05 Å². The lowest BCUT2D eigenvalue weighted by Crippen LogP contribution is -2.30. The average Bonchev–Trinajstić information content (AvgIpc) is 2.92. The molecular formula is C16H17F2N3O3. The first-order valence-corrected chi connectivity index (χ1v) is 7.59. The molecule has 0 aromatic heterocycles. The highest BCUT2D eigenvalue weighted by atomic mass is 19.2. The summed E-state index contributed by atoms with van der Waals surface area (Å²) in [5, 5.41) is 2.87. The first-order valence-electron chi connectivity index (χ1n) is 7.59. The van der Waals surface area contributed by atoms with Crippen molar-refractivity contribution in [2.45, 2.75) is 12.5 Å². The molecule has 0 radical (unpaired) electrons. The monoisotopic (exact) mass is 337 g/mol. The van der Waals surface area contributed by atoms with E-state index in [1.807, 2.05) is 0 Å². The van der Waals surface area contributed by atoms with Crippen LogP contribution >= 0.6 is 0 Å². The Balaban J connectivity index is 1.87. The molecule has 1 unspecified atom stereocenters. The molecule has 0 aliphatic carbocycles. The van der Waals surface area contributed by atoms with Crippen LogP contribution in [-0.2, 0) is 9.53 Å². The number of rotatable bonds is 4. The Morgan fingerprint density at radius 1 is 1.25 bits per heavy atom. The molecule has 3 rings (SSSR count). The van der Waals surface area contributed by atoms with Crippen molar-refractivity contribution in [3.8, 4) is 0 Å². The summed E-state index contributed by atoms with van der Waals surface area (Å²) >= 11 is 0. The van der Waals surface area contributed by atoms with Crippen LogP contribution in [0, 0.1) is 11.6 Å². The van der Waals surface area contributed by atoms with E-state index in [4.69, 9.17) is 4.74 Å². The SMILES string of the molecule is CNCC1CN(c2ccc(N3C=CC(=O)CC3)c(F)c2F)C(=O)O1. The van der Waals surface area contributed by atoms with Gasteiger partial charge in [-0.1, -0.05) is 0 Å². The summed E-state index contributed by atoms with van der Waals surface area (Å²) in [5.74, 6) is -2.23. The van der Waals surface area contributed by atoms with E-state index in [9.17, 15) is 18.4 Å². The molecule has 6 nitrogen and oxygen atoms in total. The predicted octanol–water partition coefficient (Wildman–Crippen LogP) is 1.80. The van der Waals surface area contributed by atoms with E-state index < -0.39 is 23.8 Å². The Kier molecular flexibility index (Phi) is 4.48. The second kappa shape index (κ2) is 6.56. The predicted molar refractivity (Wildman–Crippen MR) is 84.0 cm³/mol. The normalized spacial score (nSPS) is 20.7. The van der Waals surface area contributed by atoms with E-state index in [0.717, 1.165) is 4.90 Å². The van der Waals surface area contributed by atoms with Crippen LogP contribution in [0.3, 0.4) is 0 Å². The van der Waals surface area contributed by atoms with Gasteiger partial charge in [0.25, 0.3) is 0 Å². The lowest BCUT2D eigenvalue weighted by atomic mass is 10.1. The van der Waals surface area contributed by atoms with Crippen molar-refractivity contribution >= 4 is 23.3 Å². The van der Waals surface area contributed by atoms with Gasteiger partial charge in [0.05, 0.1) is 17.9 Å². The van der Waals surface area contributed by atoms with Crippen LogP contribution in [0.25, 0.3) is 0 Å². The van der Waals surface area contributed by atoms with Gasteiger partial charge in [-0.05, 0) is 25.3 Å². The van der Waals surface area contributed by atoms with Gasteiger partial charge in [-0.25, -0.2) is 13.6 Å². The second-order valence-corrected chi connectivity index (χ2v) is 5.63. The van der Waals surface area contributed by atoms with E-state index in [0.29, 0.717) is 6.54 Å². The number of benzene rings is 1. The highest BCUT2D eigenvalue weighted by molar-refractivity contribution is 5.92. The number of nitrogens with one attached hydrogen (secondary N) is 1. The molecule has 2 aliphatic rings. The Bertz CT molecular complexity index is 708. The van der Waals surface area contributed by atoms with Crippen LogP contribution in [0.1, 0.15) is 6.42 Å². The fourth-order valence-corrected chi connectivity index (χ4v) is 2.77. The summed E-state index contributed by atoms with van der Waals surface area (Å²) in [5.41, 5.74) is -0.128. The van der Waals surface area contributed by atoms with E-state index in [-0.39, 0.29) is 36.7 Å². The topological polar surface area (TPSA) is 61.9 Å². The Morgan fingerprint density at radius 3 is 2.62 bits per heavy atom. The van der Waals surface area contributed by atoms with Gasteiger partial charge < -0.3 is 15.0 Å². The smallest absolute Gasteiger partial charge is 0.414 e. The molecule has 1 amide bonds. The Morgan fingerprint density at radius 2 is 1.96 bits per heavy atom. The summed E-state index contributed by atoms with van der Waals surface area (Å²) in [4.78, 5) is 25.6. The van der Waals surface area contributed by atoms with Crippen LogP contribution in [0.4, 0.5) is 25.0 Å². The summed E-state index contributed by atoms with van der Waals surface area (Å²) < 4.78 is 34.0. The summed E-state index contributed by atoms with van der Waals surface area (Å²) in [7, 11) is 1.71. The Hall–Kier alpha value is -2.48. The quantitative estimate of drug-likeness (QED) is 0.908. The number of nitrogens with zero attached hydrogens (tertiary/aromatic N) is 2. The number of amides is 1. The molecule has 2 heterocycles. The molecule has 1 saturated heterocycles. The molecular weight excluding hydrogens is 320 g/mol. The first kappa shape index (κ1) is 16.4. The minimum Gasteiger partial charge on any atom is -0.443 e. The number of ketones is 1. The first-order chi connectivity index (χ1) is 11.5. The molecule has 1 N–H and O–H groups in total. The molecule has 1 atom stereocenters. The molecule has 128 valence electrons. The van der Waals surface area contributed by atoms with Crippen molar-refractivity contribution in [1.29, 1.82) is 0 Å². The van der Waals surface area contributed by atoms with Crippen molar-refractivity contribution < 1.29 is 23.1 Å². The fraction of sp³-hybridized carbons (Fsp3) is 0.375. The largest absolute Gasteiger partial charge is 0.443 e. The molecule has 2 aliphatic heterocycles. The number of hydrogen-bond acceptors (Lipinski definition) is 5. The lowest BCUT2D eigenvalue weighted by Gasteiger charge is -2.24. The summed E-state index contributed by atoms with van der Waals surface area (Å²) in [6.07, 6.45) is 1.87. The van der Waals surface area contributed by atoms with Gasteiger partial charge in [-0.2, -0.15) is 0 Å². The van der Waals surface area contributed by atoms with E-state index in [2.05, 4.69) is 5.32 Å². The number of carbonyl (C=O) groups excluding carboxylic acids is 2. The Labute approximate surface area is 137 Å². The number of halogens is 2. The number of cyclic esters (lactones) is 1. The van der Waals surface area contributed by atoms with Gasteiger partial charge in [0.2, 0.25) is 0 Å². The molecule has 24 heavy (non-hydrogen) atoms. The molecule has 1 fully saturated rings. The average molecular weight is 337 g/mol. The van der Waals surface area contributed by atoms with Crippen LogP contribution < -0.4 is 15.1 Å². The number of carbonyl (C=O) groups is 2. The van der Waals surface area contributed by atoms with Crippen LogP contribution in [0.2, 0.25) is 0 Å². The third-order valence-electron chi connectivity index (χ3n) is 3.99. The number of allylic oxidation sites excluding steroid dienone is 1. The molecule has 1 aromatic rings. The van der Waals surface area contributed by atoms with Crippen LogP contribution in [0.15, 0.2) is 24.4 Å². The van der Waals surface area contributed by atoms with Gasteiger partial charge in [-0.3, -0.25) is 9.69 Å². The standard InChI is InChI=1S/C16H17F2N3O3/c1-19-8-11-9-21(16(23)24-11)13-3-2-12(14(17)15(13)18)20-6-4-10(22)5-7-20/h2-4,6,11,19H,5,7-9H2,1H3. The van der Waals surface area contributed by atoms with E-state index >= 15 is 0 Å². The molecule has 0 bridgehead atoms. The fourth-order valence-electron chi connectivity index (χ4n) is 2.77. The van der Waals surface area contributed by atoms with Crippen LogP contribution in [0.5, 0.6) is 0 Å². The number of anilines is 2. The van der Waals surface area contributed by atoms with Gasteiger partial charge in [0, 0.05) is 25.7 Å². The highest BCUT2D eigenvalue weighted by Gasteiger charge is 2.34. The van der Waals surface area contributed by atoms with Gasteiger partial charge in [0.15, 0.2) is 17.4 Å². The zero-order chi connectivity index (χ0) is 17.3. The van der Waals surface area contributed by atoms with Crippen molar-refractivity contribution in [2.24, 2.45) is 0 Å². The second-order valence-electron chi connectivity index (χ2n) is 5.63. The maximum atomic E-state index is 14.5. The lowest BCUT2D eigenvalue weighted by molar-refractivity contribution is -0.114. The minimum atomic E-state index is -1.11. The van der Waals surface area contributed by atoms with Crippen molar-refractivity contribution in [2.75, 3.05) is 36.5 Å². The maximum Gasteiger partial charge on any atom is 0.414 e. The molecule has 0 saturated carbocycles.